The van der Waals surface area contributed by atoms with E-state index in [1.807, 2.05) is 11.9 Å². The molecule has 0 aromatic heterocycles. The third kappa shape index (κ3) is 3.49. The van der Waals surface area contributed by atoms with Crippen molar-refractivity contribution in [1.29, 1.82) is 0 Å². The second kappa shape index (κ2) is 7.04. The minimum atomic E-state index is -0.160. The summed E-state index contributed by atoms with van der Waals surface area (Å²) in [6.07, 6.45) is 1.41. The predicted molar refractivity (Wildman–Crippen MR) is 75.2 cm³/mol. The summed E-state index contributed by atoms with van der Waals surface area (Å²) in [7, 11) is 3.56. The normalized spacial score (nSPS) is 26.6. The van der Waals surface area contributed by atoms with Crippen molar-refractivity contribution in [3.05, 3.63) is 0 Å². The first-order valence-electron chi connectivity index (χ1n) is 7.35. The van der Waals surface area contributed by atoms with E-state index < -0.39 is 0 Å². The number of carbonyl (C=O) groups is 2. The Labute approximate surface area is 120 Å². The Morgan fingerprint density at radius 3 is 2.95 bits per heavy atom. The minimum absolute atomic E-state index is 0.0753. The van der Waals surface area contributed by atoms with Crippen molar-refractivity contribution in [3.63, 3.8) is 0 Å². The fourth-order valence-corrected chi connectivity index (χ4v) is 3.10. The molecule has 2 atom stereocenters. The average molecular weight is 283 g/mol. The van der Waals surface area contributed by atoms with Crippen LogP contribution in [0, 0.1) is 11.8 Å². The second-order valence-electron chi connectivity index (χ2n) is 5.73. The van der Waals surface area contributed by atoms with Crippen molar-refractivity contribution in [2.24, 2.45) is 11.8 Å². The Hall–Kier alpha value is -1.14. The van der Waals surface area contributed by atoms with Crippen molar-refractivity contribution < 1.29 is 14.3 Å². The van der Waals surface area contributed by atoms with Gasteiger partial charge in [-0.3, -0.25) is 9.59 Å². The fraction of sp³-hybridized carbons (Fsp3) is 0.857. The molecule has 2 rings (SSSR count). The molecule has 20 heavy (non-hydrogen) atoms. The van der Waals surface area contributed by atoms with Crippen LogP contribution < -0.4 is 5.32 Å². The Bertz CT molecular complexity index is 362. The van der Waals surface area contributed by atoms with E-state index in [4.69, 9.17) is 4.74 Å². The number of rotatable bonds is 6. The maximum absolute atomic E-state index is 12.5. The van der Waals surface area contributed by atoms with Gasteiger partial charge < -0.3 is 19.9 Å². The molecular formula is C14H25N3O3. The van der Waals surface area contributed by atoms with Gasteiger partial charge in [-0.25, -0.2) is 0 Å². The van der Waals surface area contributed by atoms with Gasteiger partial charge in [0.05, 0.1) is 12.5 Å². The fourth-order valence-electron chi connectivity index (χ4n) is 3.10. The molecule has 2 amide bonds. The van der Waals surface area contributed by atoms with E-state index in [1.54, 1.807) is 12.0 Å². The number of nitrogens with one attached hydrogen (secondary N) is 1. The lowest BCUT2D eigenvalue weighted by Crippen LogP contribution is -2.37. The first kappa shape index (κ1) is 15.3. The monoisotopic (exact) mass is 283 g/mol. The Morgan fingerprint density at radius 1 is 1.45 bits per heavy atom. The van der Waals surface area contributed by atoms with E-state index in [0.717, 1.165) is 26.1 Å². The number of ether oxygens (including phenoxy) is 1. The van der Waals surface area contributed by atoms with Crippen LogP contribution in [0.25, 0.3) is 0 Å². The second-order valence-corrected chi connectivity index (χ2v) is 5.73. The zero-order valence-electron chi connectivity index (χ0n) is 12.4. The molecule has 0 aromatic carbocycles. The van der Waals surface area contributed by atoms with Crippen LogP contribution in [0.4, 0.5) is 0 Å². The molecule has 2 fully saturated rings. The van der Waals surface area contributed by atoms with Crippen molar-refractivity contribution in [3.8, 4) is 0 Å². The van der Waals surface area contributed by atoms with Gasteiger partial charge in [0, 0.05) is 39.7 Å². The van der Waals surface area contributed by atoms with Crippen LogP contribution in [0.15, 0.2) is 0 Å². The number of nitrogens with zero attached hydrogens (tertiary/aromatic N) is 2. The number of likely N-dealkylation sites (tertiary alicyclic amines) is 2. The maximum Gasteiger partial charge on any atom is 0.228 e. The number of hydrogen-bond acceptors (Lipinski definition) is 4. The summed E-state index contributed by atoms with van der Waals surface area (Å²) < 4.78 is 4.99. The highest BCUT2D eigenvalue weighted by molar-refractivity contribution is 5.89. The molecule has 0 saturated carbocycles. The van der Waals surface area contributed by atoms with Gasteiger partial charge in [-0.1, -0.05) is 0 Å². The molecule has 6 nitrogen and oxygen atoms in total. The summed E-state index contributed by atoms with van der Waals surface area (Å²) in [5.41, 5.74) is 0. The van der Waals surface area contributed by atoms with Gasteiger partial charge in [-0.2, -0.15) is 0 Å². The molecule has 0 bridgehead atoms. The zero-order chi connectivity index (χ0) is 14.5. The van der Waals surface area contributed by atoms with Crippen LogP contribution >= 0.6 is 0 Å². The highest BCUT2D eigenvalue weighted by Crippen LogP contribution is 2.23. The van der Waals surface area contributed by atoms with Crippen molar-refractivity contribution >= 4 is 11.8 Å². The molecule has 2 aliphatic heterocycles. The average Bonchev–Trinajstić information content (AvgIpc) is 3.03. The van der Waals surface area contributed by atoms with Crippen molar-refractivity contribution in [2.45, 2.75) is 12.8 Å². The van der Waals surface area contributed by atoms with E-state index in [2.05, 4.69) is 5.32 Å². The molecule has 2 aliphatic rings. The quantitative estimate of drug-likeness (QED) is 0.717. The van der Waals surface area contributed by atoms with Gasteiger partial charge in [-0.05, 0) is 25.9 Å². The van der Waals surface area contributed by atoms with Crippen molar-refractivity contribution in [1.82, 2.24) is 15.1 Å². The third-order valence-corrected chi connectivity index (χ3v) is 4.22. The standard InChI is InChI=1S/C14H25N3O3/c1-15-8-11-3-4-17(9-11)14(19)12-7-13(18)16(10-12)5-6-20-2/h11-12,15H,3-10H2,1-2H3. The largest absolute Gasteiger partial charge is 0.383 e. The smallest absolute Gasteiger partial charge is 0.228 e. The van der Waals surface area contributed by atoms with Crippen LogP contribution in [0.5, 0.6) is 0 Å². The van der Waals surface area contributed by atoms with E-state index in [-0.39, 0.29) is 17.7 Å². The van der Waals surface area contributed by atoms with Gasteiger partial charge in [0.1, 0.15) is 0 Å². The summed E-state index contributed by atoms with van der Waals surface area (Å²) >= 11 is 0. The molecule has 0 radical (unpaired) electrons. The lowest BCUT2D eigenvalue weighted by Gasteiger charge is -2.21. The van der Waals surface area contributed by atoms with Crippen LogP contribution in [0.2, 0.25) is 0 Å². The van der Waals surface area contributed by atoms with Gasteiger partial charge in [0.25, 0.3) is 0 Å². The molecule has 2 heterocycles. The SMILES string of the molecule is CNCC1CCN(C(=O)C2CC(=O)N(CCOC)C2)C1. The van der Waals surface area contributed by atoms with Crippen LogP contribution in [0.3, 0.4) is 0 Å². The molecule has 6 heteroatoms. The predicted octanol–water partition coefficient (Wildman–Crippen LogP) is -0.451. The highest BCUT2D eigenvalue weighted by atomic mass is 16.5. The molecule has 2 saturated heterocycles. The van der Waals surface area contributed by atoms with Gasteiger partial charge in [0.2, 0.25) is 11.8 Å². The lowest BCUT2D eigenvalue weighted by atomic mass is 10.1. The summed E-state index contributed by atoms with van der Waals surface area (Å²) in [5, 5.41) is 3.16. The number of methoxy groups -OCH3 is 1. The Morgan fingerprint density at radius 2 is 2.25 bits per heavy atom. The molecule has 0 aromatic rings. The van der Waals surface area contributed by atoms with Crippen LogP contribution in [-0.2, 0) is 14.3 Å². The first-order valence-corrected chi connectivity index (χ1v) is 7.35. The molecular weight excluding hydrogens is 258 g/mol. The Kier molecular flexibility index (Phi) is 5.37. The lowest BCUT2D eigenvalue weighted by molar-refractivity contribution is -0.135. The van der Waals surface area contributed by atoms with E-state index in [9.17, 15) is 9.59 Å². The minimum Gasteiger partial charge on any atom is -0.383 e. The number of hydrogen-bond donors (Lipinski definition) is 1. The maximum atomic E-state index is 12.5. The summed E-state index contributed by atoms with van der Waals surface area (Å²) in [6.45, 7) is 4.26. The summed E-state index contributed by atoms with van der Waals surface area (Å²) in [4.78, 5) is 28.0. The number of amides is 2. The molecule has 0 spiro atoms. The molecule has 1 N–H and O–H groups in total. The molecule has 0 aliphatic carbocycles. The van der Waals surface area contributed by atoms with Crippen LogP contribution in [0.1, 0.15) is 12.8 Å². The van der Waals surface area contributed by atoms with Gasteiger partial charge in [0.15, 0.2) is 0 Å². The van der Waals surface area contributed by atoms with Crippen LogP contribution in [-0.4, -0.2) is 75.1 Å². The van der Waals surface area contributed by atoms with Gasteiger partial charge >= 0.3 is 0 Å². The van der Waals surface area contributed by atoms with E-state index in [1.165, 1.54) is 0 Å². The Balaban J connectivity index is 1.83. The van der Waals surface area contributed by atoms with Crippen molar-refractivity contribution in [2.75, 3.05) is 53.5 Å². The van der Waals surface area contributed by atoms with E-state index in [0.29, 0.717) is 32.0 Å². The summed E-state index contributed by atoms with van der Waals surface area (Å²) in [5.74, 6) is 0.613. The molecule has 114 valence electrons. The topological polar surface area (TPSA) is 61.9 Å². The zero-order valence-corrected chi connectivity index (χ0v) is 12.4. The van der Waals surface area contributed by atoms with Gasteiger partial charge in [-0.15, -0.1) is 0 Å². The number of carbonyl (C=O) groups excluding carboxylic acids is 2. The first-order chi connectivity index (χ1) is 9.65. The third-order valence-electron chi connectivity index (χ3n) is 4.22. The highest BCUT2D eigenvalue weighted by Gasteiger charge is 2.38. The molecule has 2 unspecified atom stereocenters. The van der Waals surface area contributed by atoms with E-state index >= 15 is 0 Å². The summed E-state index contributed by atoms with van der Waals surface area (Å²) in [6, 6.07) is 0.